The zero-order valence-corrected chi connectivity index (χ0v) is 9.97. The van der Waals surface area contributed by atoms with Crippen LogP contribution in [0.2, 0.25) is 0 Å². The van der Waals surface area contributed by atoms with Crippen molar-refractivity contribution in [2.75, 3.05) is 26.7 Å². The molecule has 0 spiro atoms. The SMILES string of the molecule is CN1C[C@@H]2CCN(Cc3ccccc3)[C@H]2C1. The van der Waals surface area contributed by atoms with E-state index in [0.717, 1.165) is 18.5 Å². The van der Waals surface area contributed by atoms with E-state index in [1.165, 1.54) is 31.6 Å². The highest BCUT2D eigenvalue weighted by molar-refractivity contribution is 5.15. The van der Waals surface area contributed by atoms with Crippen molar-refractivity contribution in [3.8, 4) is 0 Å². The van der Waals surface area contributed by atoms with Gasteiger partial charge < -0.3 is 4.90 Å². The Morgan fingerprint density at radius 2 is 2.00 bits per heavy atom. The Labute approximate surface area is 97.9 Å². The van der Waals surface area contributed by atoms with E-state index >= 15 is 0 Å². The van der Waals surface area contributed by atoms with Crippen LogP contribution in [0.1, 0.15) is 12.0 Å². The summed E-state index contributed by atoms with van der Waals surface area (Å²) < 4.78 is 0. The molecule has 0 bridgehead atoms. The van der Waals surface area contributed by atoms with Crippen molar-refractivity contribution in [3.05, 3.63) is 35.9 Å². The number of nitrogens with zero attached hydrogens (tertiary/aromatic N) is 2. The molecule has 16 heavy (non-hydrogen) atoms. The zero-order valence-electron chi connectivity index (χ0n) is 9.97. The smallest absolute Gasteiger partial charge is 0.0267 e. The van der Waals surface area contributed by atoms with Crippen molar-refractivity contribution >= 4 is 0 Å². The Balaban J connectivity index is 1.68. The third-order valence-electron chi connectivity index (χ3n) is 4.07. The van der Waals surface area contributed by atoms with Crippen molar-refractivity contribution < 1.29 is 0 Å². The maximum atomic E-state index is 2.67. The lowest BCUT2D eigenvalue weighted by molar-refractivity contribution is 0.228. The van der Waals surface area contributed by atoms with Crippen molar-refractivity contribution in [2.24, 2.45) is 5.92 Å². The average molecular weight is 216 g/mol. The van der Waals surface area contributed by atoms with Gasteiger partial charge in [-0.3, -0.25) is 4.90 Å². The molecule has 0 aliphatic carbocycles. The molecule has 1 aromatic carbocycles. The maximum absolute atomic E-state index is 2.67. The molecule has 0 N–H and O–H groups in total. The van der Waals surface area contributed by atoms with Crippen molar-refractivity contribution in [3.63, 3.8) is 0 Å². The number of likely N-dealkylation sites (N-methyl/N-ethyl adjacent to an activating group) is 1. The van der Waals surface area contributed by atoms with Gasteiger partial charge in [-0.15, -0.1) is 0 Å². The quantitative estimate of drug-likeness (QED) is 0.744. The summed E-state index contributed by atoms with van der Waals surface area (Å²) in [5.74, 6) is 0.925. The first-order chi connectivity index (χ1) is 7.83. The standard InChI is InChI=1S/C14H20N2/c1-15-10-13-7-8-16(14(13)11-15)9-12-5-3-2-4-6-12/h2-6,13-14H,7-11H2,1H3/t13-,14-/m0/s1. The van der Waals surface area contributed by atoms with Crippen LogP contribution < -0.4 is 0 Å². The van der Waals surface area contributed by atoms with Gasteiger partial charge in [0.1, 0.15) is 0 Å². The number of fused-ring (bicyclic) bond motifs is 1. The van der Waals surface area contributed by atoms with Gasteiger partial charge in [-0.1, -0.05) is 30.3 Å². The summed E-state index contributed by atoms with van der Waals surface area (Å²) in [5, 5.41) is 0. The number of likely N-dealkylation sites (tertiary alicyclic amines) is 2. The number of hydrogen-bond acceptors (Lipinski definition) is 2. The van der Waals surface area contributed by atoms with Gasteiger partial charge in [0.05, 0.1) is 0 Å². The van der Waals surface area contributed by atoms with Gasteiger partial charge in [0.2, 0.25) is 0 Å². The highest BCUT2D eigenvalue weighted by Crippen LogP contribution is 2.31. The van der Waals surface area contributed by atoms with Crippen LogP contribution in [0.25, 0.3) is 0 Å². The van der Waals surface area contributed by atoms with Crippen molar-refractivity contribution in [2.45, 2.75) is 19.0 Å². The molecular weight excluding hydrogens is 196 g/mol. The van der Waals surface area contributed by atoms with Crippen molar-refractivity contribution in [1.82, 2.24) is 9.80 Å². The molecule has 0 radical (unpaired) electrons. The molecule has 1 aromatic rings. The average Bonchev–Trinajstić information content (AvgIpc) is 2.81. The predicted molar refractivity (Wildman–Crippen MR) is 66.2 cm³/mol. The minimum absolute atomic E-state index is 0.810. The normalized spacial score (nSPS) is 30.8. The summed E-state index contributed by atoms with van der Waals surface area (Å²) >= 11 is 0. The summed E-state index contributed by atoms with van der Waals surface area (Å²) in [4.78, 5) is 5.15. The molecule has 0 saturated carbocycles. The maximum Gasteiger partial charge on any atom is 0.0267 e. The molecule has 2 atom stereocenters. The second-order valence-corrected chi connectivity index (χ2v) is 5.29. The Bertz CT molecular complexity index is 349. The zero-order chi connectivity index (χ0) is 11.0. The van der Waals surface area contributed by atoms with Crippen LogP contribution in [-0.4, -0.2) is 42.5 Å². The van der Waals surface area contributed by atoms with Gasteiger partial charge in [-0.05, 0) is 31.5 Å². The first kappa shape index (κ1) is 10.3. The van der Waals surface area contributed by atoms with E-state index in [0.29, 0.717) is 0 Å². The fourth-order valence-corrected chi connectivity index (χ4v) is 3.27. The van der Waals surface area contributed by atoms with E-state index in [-0.39, 0.29) is 0 Å². The molecule has 2 heterocycles. The molecule has 2 nitrogen and oxygen atoms in total. The molecule has 3 rings (SSSR count). The van der Waals surface area contributed by atoms with Crippen LogP contribution in [0.15, 0.2) is 30.3 Å². The second kappa shape index (κ2) is 4.19. The first-order valence-corrected chi connectivity index (χ1v) is 6.29. The summed E-state index contributed by atoms with van der Waals surface area (Å²) in [7, 11) is 2.25. The molecule has 2 heteroatoms. The molecule has 2 aliphatic rings. The summed E-state index contributed by atoms with van der Waals surface area (Å²) in [6, 6.07) is 11.7. The number of rotatable bonds is 2. The highest BCUT2D eigenvalue weighted by atomic mass is 15.3. The molecule has 0 aromatic heterocycles. The van der Waals surface area contributed by atoms with Gasteiger partial charge >= 0.3 is 0 Å². The van der Waals surface area contributed by atoms with Crippen LogP contribution in [-0.2, 0) is 6.54 Å². The largest absolute Gasteiger partial charge is 0.304 e. The first-order valence-electron chi connectivity index (χ1n) is 6.29. The lowest BCUT2D eigenvalue weighted by atomic mass is 10.0. The van der Waals surface area contributed by atoms with Crippen molar-refractivity contribution in [1.29, 1.82) is 0 Å². The van der Waals surface area contributed by atoms with E-state index in [1.54, 1.807) is 0 Å². The number of hydrogen-bond donors (Lipinski definition) is 0. The van der Waals surface area contributed by atoms with Crippen LogP contribution in [0.5, 0.6) is 0 Å². The second-order valence-electron chi connectivity index (χ2n) is 5.29. The monoisotopic (exact) mass is 216 g/mol. The molecular formula is C14H20N2. The predicted octanol–water partition coefficient (Wildman–Crippen LogP) is 1.82. The topological polar surface area (TPSA) is 6.48 Å². The van der Waals surface area contributed by atoms with E-state index < -0.39 is 0 Å². The molecule has 0 unspecified atom stereocenters. The Hall–Kier alpha value is -0.860. The third kappa shape index (κ3) is 1.87. The minimum atomic E-state index is 0.810. The summed E-state index contributed by atoms with van der Waals surface area (Å²) in [6.07, 6.45) is 1.39. The molecule has 0 amide bonds. The Morgan fingerprint density at radius 3 is 2.81 bits per heavy atom. The van der Waals surface area contributed by atoms with Crippen LogP contribution in [0.3, 0.4) is 0 Å². The molecule has 2 saturated heterocycles. The lowest BCUT2D eigenvalue weighted by Crippen LogP contribution is -2.33. The van der Waals surface area contributed by atoms with Gasteiger partial charge in [0.15, 0.2) is 0 Å². The Kier molecular flexibility index (Phi) is 2.70. The minimum Gasteiger partial charge on any atom is -0.304 e. The van der Waals surface area contributed by atoms with E-state index in [2.05, 4.69) is 47.2 Å². The van der Waals surface area contributed by atoms with Crippen LogP contribution in [0.4, 0.5) is 0 Å². The third-order valence-corrected chi connectivity index (χ3v) is 4.07. The van der Waals surface area contributed by atoms with E-state index in [9.17, 15) is 0 Å². The van der Waals surface area contributed by atoms with Crippen LogP contribution in [0, 0.1) is 5.92 Å². The number of benzene rings is 1. The van der Waals surface area contributed by atoms with Gasteiger partial charge in [0, 0.05) is 25.7 Å². The van der Waals surface area contributed by atoms with E-state index in [1.807, 2.05) is 0 Å². The summed E-state index contributed by atoms with van der Waals surface area (Å²) in [5.41, 5.74) is 1.46. The lowest BCUT2D eigenvalue weighted by Gasteiger charge is -2.23. The summed E-state index contributed by atoms with van der Waals surface area (Å²) in [6.45, 7) is 4.99. The van der Waals surface area contributed by atoms with Gasteiger partial charge in [0.25, 0.3) is 0 Å². The van der Waals surface area contributed by atoms with Gasteiger partial charge in [-0.25, -0.2) is 0 Å². The molecule has 86 valence electrons. The molecule has 2 fully saturated rings. The Morgan fingerprint density at radius 1 is 1.19 bits per heavy atom. The fourth-order valence-electron chi connectivity index (χ4n) is 3.27. The molecule has 2 aliphatic heterocycles. The van der Waals surface area contributed by atoms with Gasteiger partial charge in [-0.2, -0.15) is 0 Å². The van der Waals surface area contributed by atoms with E-state index in [4.69, 9.17) is 0 Å². The highest BCUT2D eigenvalue weighted by Gasteiger charge is 2.39. The van der Waals surface area contributed by atoms with Crippen LogP contribution >= 0.6 is 0 Å². The fraction of sp³-hybridized carbons (Fsp3) is 0.571.